The first-order valence-electron chi connectivity index (χ1n) is 6.11. The van der Waals surface area contributed by atoms with Crippen molar-refractivity contribution in [2.75, 3.05) is 6.54 Å². The Balaban J connectivity index is 2.27. The number of hydrogen-bond donors (Lipinski definition) is 1. The predicted molar refractivity (Wildman–Crippen MR) is 73.0 cm³/mol. The molecule has 1 atom stereocenters. The molecular formula is C14H14F3NOS. The van der Waals surface area contributed by atoms with Crippen molar-refractivity contribution in [2.24, 2.45) is 0 Å². The molecule has 6 heteroatoms. The fourth-order valence-electron chi connectivity index (χ4n) is 1.96. The molecule has 1 N–H and O–H groups in total. The number of rotatable bonds is 5. The number of nitrogens with one attached hydrogen (secondary N) is 1. The molecule has 0 radical (unpaired) electrons. The summed E-state index contributed by atoms with van der Waals surface area (Å²) in [5, 5.41) is 7.18. The van der Waals surface area contributed by atoms with Crippen LogP contribution in [0.25, 0.3) is 0 Å². The maximum atomic E-state index is 12.3. The fraction of sp³-hybridized carbons (Fsp3) is 0.286. The van der Waals surface area contributed by atoms with Gasteiger partial charge in [-0.15, -0.1) is 13.2 Å². The molecule has 0 spiro atoms. The molecule has 0 amide bonds. The Kier molecular flexibility index (Phi) is 4.67. The van der Waals surface area contributed by atoms with Gasteiger partial charge in [0.2, 0.25) is 0 Å². The van der Waals surface area contributed by atoms with Crippen LogP contribution in [0.3, 0.4) is 0 Å². The zero-order chi connectivity index (χ0) is 14.6. The topological polar surface area (TPSA) is 21.3 Å². The number of thiophene rings is 1. The van der Waals surface area contributed by atoms with Gasteiger partial charge >= 0.3 is 6.36 Å². The zero-order valence-corrected chi connectivity index (χ0v) is 11.6. The molecule has 0 aliphatic heterocycles. The van der Waals surface area contributed by atoms with Crippen LogP contribution in [-0.4, -0.2) is 12.9 Å². The van der Waals surface area contributed by atoms with Crippen molar-refractivity contribution >= 4 is 11.3 Å². The molecule has 0 saturated heterocycles. The van der Waals surface area contributed by atoms with Crippen molar-refractivity contribution in [3.8, 4) is 5.75 Å². The molecular weight excluding hydrogens is 287 g/mol. The predicted octanol–water partition coefficient (Wildman–Crippen LogP) is 4.35. The van der Waals surface area contributed by atoms with Crippen molar-refractivity contribution in [3.63, 3.8) is 0 Å². The minimum absolute atomic E-state index is 0.136. The van der Waals surface area contributed by atoms with Crippen molar-refractivity contribution in [1.82, 2.24) is 5.32 Å². The third kappa shape index (κ3) is 3.98. The van der Waals surface area contributed by atoms with Gasteiger partial charge in [0.05, 0.1) is 6.04 Å². The third-order valence-corrected chi connectivity index (χ3v) is 3.41. The molecule has 1 unspecified atom stereocenters. The lowest BCUT2D eigenvalue weighted by Gasteiger charge is -2.18. The van der Waals surface area contributed by atoms with Gasteiger partial charge in [-0.1, -0.05) is 19.1 Å². The number of hydrogen-bond acceptors (Lipinski definition) is 3. The molecule has 0 saturated carbocycles. The fourth-order valence-corrected chi connectivity index (χ4v) is 2.65. The minimum atomic E-state index is -4.67. The standard InChI is InChI=1S/C14H14F3NOS/c1-2-18-13(11-6-7-20-9-11)10-4-3-5-12(8-10)19-14(15,16)17/h3-9,13,18H,2H2,1H3. The van der Waals surface area contributed by atoms with Crippen molar-refractivity contribution in [2.45, 2.75) is 19.3 Å². The van der Waals surface area contributed by atoms with E-state index in [9.17, 15) is 13.2 Å². The number of ether oxygens (including phenoxy) is 1. The molecule has 20 heavy (non-hydrogen) atoms. The SMILES string of the molecule is CCNC(c1ccsc1)c1cccc(OC(F)(F)F)c1. The first kappa shape index (κ1) is 14.9. The number of halogens is 3. The van der Waals surface area contributed by atoms with E-state index in [4.69, 9.17) is 0 Å². The first-order valence-corrected chi connectivity index (χ1v) is 7.05. The van der Waals surface area contributed by atoms with Crippen LogP contribution in [0.4, 0.5) is 13.2 Å². The lowest BCUT2D eigenvalue weighted by atomic mass is 10.0. The zero-order valence-electron chi connectivity index (χ0n) is 10.8. The van der Waals surface area contributed by atoms with Gasteiger partial charge in [-0.2, -0.15) is 11.3 Å². The highest BCUT2D eigenvalue weighted by Gasteiger charge is 2.31. The molecule has 1 aromatic heterocycles. The van der Waals surface area contributed by atoms with Crippen LogP contribution < -0.4 is 10.1 Å². The molecule has 1 heterocycles. The summed E-state index contributed by atoms with van der Waals surface area (Å²) < 4.78 is 40.7. The van der Waals surface area contributed by atoms with E-state index in [0.29, 0.717) is 6.54 Å². The average Bonchev–Trinajstić information content (AvgIpc) is 2.87. The Morgan fingerprint density at radius 3 is 2.65 bits per heavy atom. The number of alkyl halides is 3. The second-order valence-corrected chi connectivity index (χ2v) is 4.95. The Hall–Kier alpha value is -1.53. The van der Waals surface area contributed by atoms with Crippen molar-refractivity contribution < 1.29 is 17.9 Å². The summed E-state index contributed by atoms with van der Waals surface area (Å²) >= 11 is 1.55. The van der Waals surface area contributed by atoms with E-state index in [1.54, 1.807) is 23.5 Å². The maximum absolute atomic E-state index is 12.3. The minimum Gasteiger partial charge on any atom is -0.406 e. The highest BCUT2D eigenvalue weighted by atomic mass is 32.1. The van der Waals surface area contributed by atoms with E-state index in [1.807, 2.05) is 23.8 Å². The van der Waals surface area contributed by atoms with E-state index in [0.717, 1.165) is 11.1 Å². The van der Waals surface area contributed by atoms with Crippen molar-refractivity contribution in [3.05, 3.63) is 52.2 Å². The molecule has 108 valence electrons. The Bertz CT molecular complexity index is 540. The van der Waals surface area contributed by atoms with E-state index >= 15 is 0 Å². The van der Waals surface area contributed by atoms with Gasteiger partial charge in [0.25, 0.3) is 0 Å². The first-order chi connectivity index (χ1) is 9.49. The largest absolute Gasteiger partial charge is 0.573 e. The molecule has 0 fully saturated rings. The van der Waals surface area contributed by atoms with Gasteiger partial charge in [-0.05, 0) is 46.6 Å². The van der Waals surface area contributed by atoms with Crippen LogP contribution in [0.5, 0.6) is 5.75 Å². The van der Waals surface area contributed by atoms with Gasteiger partial charge in [0.1, 0.15) is 5.75 Å². The molecule has 2 nitrogen and oxygen atoms in total. The van der Waals surface area contributed by atoms with Crippen LogP contribution in [0.2, 0.25) is 0 Å². The summed E-state index contributed by atoms with van der Waals surface area (Å²) in [5.74, 6) is -0.201. The summed E-state index contributed by atoms with van der Waals surface area (Å²) in [4.78, 5) is 0. The molecule has 2 rings (SSSR count). The van der Waals surface area contributed by atoms with Gasteiger partial charge in [-0.25, -0.2) is 0 Å². The molecule has 0 aliphatic carbocycles. The van der Waals surface area contributed by atoms with Gasteiger partial charge in [-0.3, -0.25) is 0 Å². The normalized spacial score (nSPS) is 13.2. The van der Waals surface area contributed by atoms with E-state index < -0.39 is 6.36 Å². The molecule has 2 aromatic rings. The second kappa shape index (κ2) is 6.28. The van der Waals surface area contributed by atoms with Crippen molar-refractivity contribution in [1.29, 1.82) is 0 Å². The highest BCUT2D eigenvalue weighted by molar-refractivity contribution is 7.08. The molecule has 0 bridgehead atoms. The summed E-state index contributed by atoms with van der Waals surface area (Å²) in [6.45, 7) is 2.67. The monoisotopic (exact) mass is 301 g/mol. The van der Waals surface area contributed by atoms with E-state index in [-0.39, 0.29) is 11.8 Å². The van der Waals surface area contributed by atoms with Crippen LogP contribution in [0, 0.1) is 0 Å². The molecule has 0 aliphatic rings. The number of benzene rings is 1. The Labute approximate surface area is 119 Å². The van der Waals surface area contributed by atoms with Gasteiger partial charge < -0.3 is 10.1 Å². The second-order valence-electron chi connectivity index (χ2n) is 4.17. The van der Waals surface area contributed by atoms with Crippen LogP contribution in [0.15, 0.2) is 41.1 Å². The van der Waals surface area contributed by atoms with Crippen LogP contribution >= 0.6 is 11.3 Å². The Morgan fingerprint density at radius 1 is 1.25 bits per heavy atom. The maximum Gasteiger partial charge on any atom is 0.573 e. The molecule has 1 aromatic carbocycles. The van der Waals surface area contributed by atoms with Crippen LogP contribution in [0.1, 0.15) is 24.1 Å². The lowest BCUT2D eigenvalue weighted by molar-refractivity contribution is -0.274. The summed E-state index contributed by atoms with van der Waals surface area (Å²) in [7, 11) is 0. The van der Waals surface area contributed by atoms with Gasteiger partial charge in [0.15, 0.2) is 0 Å². The quantitative estimate of drug-likeness (QED) is 0.886. The average molecular weight is 301 g/mol. The summed E-state index contributed by atoms with van der Waals surface area (Å²) in [6.07, 6.45) is -4.67. The Morgan fingerprint density at radius 2 is 2.05 bits per heavy atom. The summed E-state index contributed by atoms with van der Waals surface area (Å²) in [5.41, 5.74) is 1.77. The van der Waals surface area contributed by atoms with Gasteiger partial charge in [0, 0.05) is 0 Å². The third-order valence-electron chi connectivity index (χ3n) is 2.71. The lowest BCUT2D eigenvalue weighted by Crippen LogP contribution is -2.22. The van der Waals surface area contributed by atoms with Crippen LogP contribution in [-0.2, 0) is 0 Å². The van der Waals surface area contributed by atoms with E-state index in [1.165, 1.54) is 12.1 Å². The smallest absolute Gasteiger partial charge is 0.406 e. The summed E-state index contributed by atoms with van der Waals surface area (Å²) in [6, 6.07) is 7.88. The highest BCUT2D eigenvalue weighted by Crippen LogP contribution is 2.29. The van der Waals surface area contributed by atoms with E-state index in [2.05, 4.69) is 10.1 Å².